The molecule has 0 saturated carbocycles. The SMILES string of the molecule is CC(C)=CCO[C@@H]1COCC[C@H]1NC(=O)Cc1ccccc1O. The van der Waals surface area contributed by atoms with E-state index in [9.17, 15) is 9.90 Å². The van der Waals surface area contributed by atoms with Crippen molar-refractivity contribution in [2.45, 2.75) is 38.8 Å². The maximum absolute atomic E-state index is 12.2. The summed E-state index contributed by atoms with van der Waals surface area (Å²) < 4.78 is 11.3. The van der Waals surface area contributed by atoms with Gasteiger partial charge in [0.25, 0.3) is 0 Å². The standard InChI is InChI=1S/C18H25NO4/c1-13(2)7-10-23-17-12-22-9-8-15(17)19-18(21)11-14-5-3-4-6-16(14)20/h3-7,15,17,20H,8-12H2,1-2H3,(H,19,21)/t15-,17-/m1/s1. The van der Waals surface area contributed by atoms with Gasteiger partial charge in [0.05, 0.1) is 25.7 Å². The molecule has 1 saturated heterocycles. The third kappa shape index (κ3) is 5.69. The number of aromatic hydroxyl groups is 1. The highest BCUT2D eigenvalue weighted by molar-refractivity contribution is 5.79. The first-order valence-corrected chi connectivity index (χ1v) is 7.95. The number of nitrogens with one attached hydrogen (secondary N) is 1. The molecular formula is C18H25NO4. The molecule has 0 radical (unpaired) electrons. The molecule has 5 heteroatoms. The maximum Gasteiger partial charge on any atom is 0.224 e. The first-order chi connectivity index (χ1) is 11.1. The van der Waals surface area contributed by atoms with Gasteiger partial charge in [-0.3, -0.25) is 4.79 Å². The number of phenols is 1. The normalized spacial score (nSPS) is 20.8. The first kappa shape index (κ1) is 17.5. The predicted octanol–water partition coefficient (Wildman–Crippen LogP) is 2.19. The molecule has 1 heterocycles. The van der Waals surface area contributed by atoms with Crippen LogP contribution in [0.15, 0.2) is 35.9 Å². The molecule has 0 unspecified atom stereocenters. The van der Waals surface area contributed by atoms with Crippen LogP contribution >= 0.6 is 0 Å². The molecule has 1 aromatic rings. The largest absolute Gasteiger partial charge is 0.508 e. The van der Waals surface area contributed by atoms with Gasteiger partial charge in [-0.05, 0) is 26.3 Å². The van der Waals surface area contributed by atoms with E-state index in [-0.39, 0.29) is 30.2 Å². The number of ether oxygens (including phenoxy) is 2. The van der Waals surface area contributed by atoms with E-state index in [1.807, 2.05) is 26.0 Å². The number of hydrogen-bond acceptors (Lipinski definition) is 4. The van der Waals surface area contributed by atoms with Crippen LogP contribution in [0.25, 0.3) is 0 Å². The summed E-state index contributed by atoms with van der Waals surface area (Å²) in [5.41, 5.74) is 1.82. The van der Waals surface area contributed by atoms with Gasteiger partial charge in [-0.25, -0.2) is 0 Å². The summed E-state index contributed by atoms with van der Waals surface area (Å²) in [5, 5.41) is 12.8. The fourth-order valence-electron chi connectivity index (χ4n) is 2.47. The third-order valence-corrected chi connectivity index (χ3v) is 3.79. The highest BCUT2D eigenvalue weighted by Gasteiger charge is 2.27. The number of carbonyl (C=O) groups is 1. The molecule has 0 aromatic heterocycles. The summed E-state index contributed by atoms with van der Waals surface area (Å²) in [6, 6.07) is 6.82. The van der Waals surface area contributed by atoms with E-state index in [0.29, 0.717) is 25.4 Å². The van der Waals surface area contributed by atoms with Crippen LogP contribution in [0.2, 0.25) is 0 Å². The van der Waals surface area contributed by atoms with Crippen molar-refractivity contribution in [2.75, 3.05) is 19.8 Å². The second kappa shape index (κ2) is 8.70. The Morgan fingerprint density at radius 2 is 2.22 bits per heavy atom. The van der Waals surface area contributed by atoms with E-state index in [0.717, 1.165) is 6.42 Å². The van der Waals surface area contributed by atoms with Crippen molar-refractivity contribution in [2.24, 2.45) is 0 Å². The molecule has 1 aromatic carbocycles. The maximum atomic E-state index is 12.2. The summed E-state index contributed by atoms with van der Waals surface area (Å²) in [6.45, 7) is 5.66. The zero-order chi connectivity index (χ0) is 16.7. The quantitative estimate of drug-likeness (QED) is 0.789. The van der Waals surface area contributed by atoms with Gasteiger partial charge in [0.2, 0.25) is 5.91 Å². The number of benzene rings is 1. The number of phenolic OH excluding ortho intramolecular Hbond substituents is 1. The van der Waals surface area contributed by atoms with Crippen molar-refractivity contribution in [1.29, 1.82) is 0 Å². The second-order valence-corrected chi connectivity index (χ2v) is 6.00. The van der Waals surface area contributed by atoms with Gasteiger partial charge < -0.3 is 19.9 Å². The molecule has 1 fully saturated rings. The average Bonchev–Trinajstić information content (AvgIpc) is 2.51. The van der Waals surface area contributed by atoms with E-state index >= 15 is 0 Å². The van der Waals surface area contributed by atoms with Crippen molar-refractivity contribution in [1.82, 2.24) is 5.32 Å². The first-order valence-electron chi connectivity index (χ1n) is 7.95. The minimum atomic E-state index is -0.146. The summed E-state index contributed by atoms with van der Waals surface area (Å²) in [5.74, 6) is 0.0280. The smallest absolute Gasteiger partial charge is 0.224 e. The van der Waals surface area contributed by atoms with Crippen molar-refractivity contribution in [3.8, 4) is 5.75 Å². The Kier molecular flexibility index (Phi) is 6.62. The average molecular weight is 319 g/mol. The Morgan fingerprint density at radius 3 is 2.96 bits per heavy atom. The van der Waals surface area contributed by atoms with Gasteiger partial charge in [-0.15, -0.1) is 0 Å². The van der Waals surface area contributed by atoms with Gasteiger partial charge in [-0.1, -0.05) is 29.8 Å². The fraction of sp³-hybridized carbons (Fsp3) is 0.500. The molecule has 126 valence electrons. The lowest BCUT2D eigenvalue weighted by atomic mass is 10.0. The van der Waals surface area contributed by atoms with Crippen LogP contribution in [0.1, 0.15) is 25.8 Å². The molecule has 1 aliphatic rings. The van der Waals surface area contributed by atoms with Crippen LogP contribution in [0.4, 0.5) is 0 Å². The lowest BCUT2D eigenvalue weighted by Crippen LogP contribution is -2.50. The predicted molar refractivity (Wildman–Crippen MR) is 88.3 cm³/mol. The number of carbonyl (C=O) groups excluding carboxylic acids is 1. The van der Waals surface area contributed by atoms with Gasteiger partial charge in [0.1, 0.15) is 11.9 Å². The van der Waals surface area contributed by atoms with E-state index in [4.69, 9.17) is 9.47 Å². The van der Waals surface area contributed by atoms with E-state index in [2.05, 4.69) is 5.32 Å². The van der Waals surface area contributed by atoms with Crippen LogP contribution < -0.4 is 5.32 Å². The third-order valence-electron chi connectivity index (χ3n) is 3.79. The molecule has 0 aliphatic carbocycles. The van der Waals surface area contributed by atoms with E-state index in [1.54, 1.807) is 18.2 Å². The lowest BCUT2D eigenvalue weighted by Gasteiger charge is -2.32. The zero-order valence-corrected chi connectivity index (χ0v) is 13.7. The number of amides is 1. The van der Waals surface area contributed by atoms with Crippen LogP contribution in [-0.4, -0.2) is 43.0 Å². The highest BCUT2D eigenvalue weighted by atomic mass is 16.5. The van der Waals surface area contributed by atoms with Gasteiger partial charge in [-0.2, -0.15) is 0 Å². The molecule has 0 spiro atoms. The zero-order valence-electron chi connectivity index (χ0n) is 13.7. The topological polar surface area (TPSA) is 67.8 Å². The number of rotatable bonds is 6. The van der Waals surface area contributed by atoms with Crippen LogP contribution in [0, 0.1) is 0 Å². The molecule has 5 nitrogen and oxygen atoms in total. The van der Waals surface area contributed by atoms with E-state index in [1.165, 1.54) is 5.57 Å². The lowest BCUT2D eigenvalue weighted by molar-refractivity contribution is -0.125. The van der Waals surface area contributed by atoms with Crippen molar-refractivity contribution < 1.29 is 19.4 Å². The van der Waals surface area contributed by atoms with E-state index < -0.39 is 0 Å². The summed E-state index contributed by atoms with van der Waals surface area (Å²) >= 11 is 0. The number of hydrogen-bond donors (Lipinski definition) is 2. The highest BCUT2D eigenvalue weighted by Crippen LogP contribution is 2.17. The Balaban J connectivity index is 1.89. The van der Waals surface area contributed by atoms with Crippen LogP contribution in [-0.2, 0) is 20.7 Å². The monoisotopic (exact) mass is 319 g/mol. The van der Waals surface area contributed by atoms with Gasteiger partial charge in [0.15, 0.2) is 0 Å². The Hall–Kier alpha value is -1.85. The number of para-hydroxylation sites is 1. The number of allylic oxidation sites excluding steroid dienone is 1. The molecule has 2 N–H and O–H groups in total. The minimum Gasteiger partial charge on any atom is -0.508 e. The molecule has 23 heavy (non-hydrogen) atoms. The minimum absolute atomic E-state index is 0.0623. The van der Waals surface area contributed by atoms with Gasteiger partial charge in [0, 0.05) is 12.2 Å². The van der Waals surface area contributed by atoms with Crippen LogP contribution in [0.3, 0.4) is 0 Å². The Labute approximate surface area is 137 Å². The molecule has 2 rings (SSSR count). The fourth-order valence-corrected chi connectivity index (χ4v) is 2.47. The van der Waals surface area contributed by atoms with Crippen molar-refractivity contribution in [3.63, 3.8) is 0 Å². The summed E-state index contributed by atoms with van der Waals surface area (Å²) in [4.78, 5) is 12.2. The molecule has 2 atom stereocenters. The van der Waals surface area contributed by atoms with Crippen LogP contribution in [0.5, 0.6) is 5.75 Å². The van der Waals surface area contributed by atoms with Crippen molar-refractivity contribution in [3.05, 3.63) is 41.5 Å². The molecule has 1 amide bonds. The second-order valence-electron chi connectivity index (χ2n) is 6.00. The van der Waals surface area contributed by atoms with Gasteiger partial charge >= 0.3 is 0 Å². The molecule has 1 aliphatic heterocycles. The summed E-state index contributed by atoms with van der Waals surface area (Å²) in [6.07, 6.45) is 2.75. The molecule has 0 bridgehead atoms. The van der Waals surface area contributed by atoms with Crippen molar-refractivity contribution >= 4 is 5.91 Å². The Bertz CT molecular complexity index is 552. The summed E-state index contributed by atoms with van der Waals surface area (Å²) in [7, 11) is 0. The molecular weight excluding hydrogens is 294 g/mol. The Morgan fingerprint density at radius 1 is 1.43 bits per heavy atom.